The standard InChI is InChI=1S/C19H24N2O2/c1-12(16-2-4-17(22)5-3-16)20-21-18(23)19-9-13-6-14(10-19)8-15(7-13)11-19/h2-5,13-15,22H,6-11H2,1H3,(H,21,23). The average molecular weight is 312 g/mol. The van der Waals surface area contributed by atoms with E-state index in [0.29, 0.717) is 0 Å². The highest BCUT2D eigenvalue weighted by atomic mass is 16.3. The highest BCUT2D eigenvalue weighted by Crippen LogP contribution is 2.60. The molecular weight excluding hydrogens is 288 g/mol. The minimum Gasteiger partial charge on any atom is -0.508 e. The van der Waals surface area contributed by atoms with Crippen molar-refractivity contribution in [1.29, 1.82) is 0 Å². The molecule has 0 atom stereocenters. The number of rotatable bonds is 3. The van der Waals surface area contributed by atoms with Crippen LogP contribution >= 0.6 is 0 Å². The average Bonchev–Trinajstić information content (AvgIpc) is 2.51. The second-order valence-electron chi connectivity index (χ2n) is 7.88. The zero-order valence-corrected chi connectivity index (χ0v) is 13.6. The van der Waals surface area contributed by atoms with Crippen LogP contribution in [0.1, 0.15) is 51.0 Å². The molecule has 4 heteroatoms. The smallest absolute Gasteiger partial charge is 0.246 e. The molecule has 0 radical (unpaired) electrons. The summed E-state index contributed by atoms with van der Waals surface area (Å²) in [6, 6.07) is 6.89. The van der Waals surface area contributed by atoms with Gasteiger partial charge in [-0.1, -0.05) is 0 Å². The van der Waals surface area contributed by atoms with Gasteiger partial charge in [-0.2, -0.15) is 5.10 Å². The molecule has 4 saturated carbocycles. The number of hydrazone groups is 1. The van der Waals surface area contributed by atoms with Crippen molar-refractivity contribution in [3.8, 4) is 5.75 Å². The summed E-state index contributed by atoms with van der Waals surface area (Å²) < 4.78 is 0. The number of carbonyl (C=O) groups excluding carboxylic acids is 1. The van der Waals surface area contributed by atoms with Crippen LogP contribution in [0.5, 0.6) is 5.75 Å². The van der Waals surface area contributed by atoms with E-state index in [9.17, 15) is 9.90 Å². The fraction of sp³-hybridized carbons (Fsp3) is 0.579. The molecule has 1 amide bonds. The highest BCUT2D eigenvalue weighted by Gasteiger charge is 2.54. The summed E-state index contributed by atoms with van der Waals surface area (Å²) in [5.74, 6) is 2.63. The Balaban J connectivity index is 1.47. The van der Waals surface area contributed by atoms with E-state index in [1.165, 1.54) is 19.3 Å². The zero-order chi connectivity index (χ0) is 16.0. The molecule has 1 aromatic rings. The van der Waals surface area contributed by atoms with Crippen molar-refractivity contribution in [2.24, 2.45) is 28.3 Å². The molecule has 0 aliphatic heterocycles. The fourth-order valence-corrected chi connectivity index (χ4v) is 5.41. The van der Waals surface area contributed by atoms with Crippen LogP contribution in [-0.2, 0) is 4.79 Å². The van der Waals surface area contributed by atoms with Gasteiger partial charge in [0.15, 0.2) is 0 Å². The quantitative estimate of drug-likeness (QED) is 0.663. The molecule has 122 valence electrons. The number of amides is 1. The number of nitrogens with one attached hydrogen (secondary N) is 1. The number of aromatic hydroxyl groups is 1. The maximum atomic E-state index is 12.8. The first-order chi connectivity index (χ1) is 11.0. The van der Waals surface area contributed by atoms with Crippen molar-refractivity contribution >= 4 is 11.6 Å². The third-order valence-corrected chi connectivity index (χ3v) is 6.13. The Bertz CT molecular complexity index is 613. The number of hydrogen-bond acceptors (Lipinski definition) is 3. The first-order valence-electron chi connectivity index (χ1n) is 8.68. The van der Waals surface area contributed by atoms with Gasteiger partial charge in [0.2, 0.25) is 5.91 Å². The van der Waals surface area contributed by atoms with Gasteiger partial charge in [0, 0.05) is 0 Å². The van der Waals surface area contributed by atoms with Gasteiger partial charge >= 0.3 is 0 Å². The number of hydrogen-bond donors (Lipinski definition) is 2. The monoisotopic (exact) mass is 312 g/mol. The van der Waals surface area contributed by atoms with E-state index in [0.717, 1.165) is 48.3 Å². The molecule has 4 fully saturated rings. The van der Waals surface area contributed by atoms with Gasteiger partial charge in [-0.25, -0.2) is 5.43 Å². The second-order valence-corrected chi connectivity index (χ2v) is 7.88. The first kappa shape index (κ1) is 14.7. The molecule has 2 N–H and O–H groups in total. The molecule has 0 saturated heterocycles. The lowest BCUT2D eigenvalue weighted by Crippen LogP contribution is -2.52. The third-order valence-electron chi connectivity index (χ3n) is 6.13. The van der Waals surface area contributed by atoms with Crippen LogP contribution in [-0.4, -0.2) is 16.7 Å². The summed E-state index contributed by atoms with van der Waals surface area (Å²) in [5, 5.41) is 13.7. The maximum Gasteiger partial charge on any atom is 0.246 e. The molecule has 23 heavy (non-hydrogen) atoms. The van der Waals surface area contributed by atoms with Gasteiger partial charge in [0.05, 0.1) is 11.1 Å². The Kier molecular flexibility index (Phi) is 3.43. The predicted octanol–water partition coefficient (Wildman–Crippen LogP) is 3.45. The molecule has 4 bridgehead atoms. The molecule has 4 aliphatic carbocycles. The zero-order valence-electron chi connectivity index (χ0n) is 13.6. The second kappa shape index (κ2) is 5.36. The number of phenolic OH excluding ortho intramolecular Hbond substituents is 1. The van der Waals surface area contributed by atoms with Crippen molar-refractivity contribution in [3.05, 3.63) is 29.8 Å². The van der Waals surface area contributed by atoms with Crippen LogP contribution in [0.25, 0.3) is 0 Å². The molecule has 0 spiro atoms. The lowest BCUT2D eigenvalue weighted by molar-refractivity contribution is -0.146. The van der Waals surface area contributed by atoms with Crippen molar-refractivity contribution in [2.45, 2.75) is 45.4 Å². The number of carbonyl (C=O) groups is 1. The Hall–Kier alpha value is -1.84. The van der Waals surface area contributed by atoms with Crippen LogP contribution in [0.2, 0.25) is 0 Å². The van der Waals surface area contributed by atoms with Crippen LogP contribution in [0.4, 0.5) is 0 Å². The molecule has 4 nitrogen and oxygen atoms in total. The van der Waals surface area contributed by atoms with E-state index in [1.807, 2.05) is 19.1 Å². The summed E-state index contributed by atoms with van der Waals surface area (Å²) in [5.41, 5.74) is 4.36. The molecule has 0 unspecified atom stereocenters. The Morgan fingerprint density at radius 3 is 2.13 bits per heavy atom. The van der Waals surface area contributed by atoms with Gasteiger partial charge in [0.1, 0.15) is 5.75 Å². The SMILES string of the molecule is CC(=NNC(=O)C12CC3CC(CC(C3)C1)C2)c1ccc(O)cc1. The van der Waals surface area contributed by atoms with Crippen LogP contribution in [0.15, 0.2) is 29.4 Å². The van der Waals surface area contributed by atoms with Gasteiger partial charge in [-0.05, 0) is 93.0 Å². The van der Waals surface area contributed by atoms with Gasteiger partial charge in [-0.3, -0.25) is 4.79 Å². The number of benzene rings is 1. The van der Waals surface area contributed by atoms with E-state index >= 15 is 0 Å². The minimum absolute atomic E-state index is 0.120. The summed E-state index contributed by atoms with van der Waals surface area (Å²) in [6.07, 6.45) is 7.17. The molecule has 4 aliphatic rings. The largest absolute Gasteiger partial charge is 0.508 e. The van der Waals surface area contributed by atoms with E-state index in [-0.39, 0.29) is 17.1 Å². The molecule has 0 heterocycles. The van der Waals surface area contributed by atoms with Gasteiger partial charge in [-0.15, -0.1) is 0 Å². The van der Waals surface area contributed by atoms with Crippen LogP contribution in [0.3, 0.4) is 0 Å². The number of nitrogens with zero attached hydrogens (tertiary/aromatic N) is 1. The van der Waals surface area contributed by atoms with Gasteiger partial charge < -0.3 is 5.11 Å². The minimum atomic E-state index is -0.159. The van der Waals surface area contributed by atoms with Crippen molar-refractivity contribution in [2.75, 3.05) is 0 Å². The van der Waals surface area contributed by atoms with E-state index in [4.69, 9.17) is 0 Å². The third kappa shape index (κ3) is 2.64. The molecular formula is C19H24N2O2. The highest BCUT2D eigenvalue weighted by molar-refractivity contribution is 5.99. The Morgan fingerprint density at radius 2 is 1.61 bits per heavy atom. The van der Waals surface area contributed by atoms with E-state index < -0.39 is 0 Å². The maximum absolute atomic E-state index is 12.8. The van der Waals surface area contributed by atoms with Crippen molar-refractivity contribution in [1.82, 2.24) is 5.43 Å². The predicted molar refractivity (Wildman–Crippen MR) is 89.1 cm³/mol. The lowest BCUT2D eigenvalue weighted by Gasteiger charge is -2.55. The fourth-order valence-electron chi connectivity index (χ4n) is 5.41. The molecule has 0 aromatic heterocycles. The number of phenols is 1. The topological polar surface area (TPSA) is 61.7 Å². The summed E-state index contributed by atoms with van der Waals surface area (Å²) in [6.45, 7) is 1.88. The van der Waals surface area contributed by atoms with Gasteiger partial charge in [0.25, 0.3) is 0 Å². The Morgan fingerprint density at radius 1 is 1.09 bits per heavy atom. The molecule has 5 rings (SSSR count). The summed E-state index contributed by atoms with van der Waals surface area (Å²) in [7, 11) is 0. The lowest BCUT2D eigenvalue weighted by atomic mass is 9.49. The van der Waals surface area contributed by atoms with E-state index in [1.54, 1.807) is 12.1 Å². The molecule has 1 aromatic carbocycles. The first-order valence-corrected chi connectivity index (χ1v) is 8.68. The summed E-state index contributed by atoms with van der Waals surface area (Å²) in [4.78, 5) is 12.8. The Labute approximate surface area is 137 Å². The normalized spacial score (nSPS) is 35.3. The van der Waals surface area contributed by atoms with Crippen LogP contribution in [0, 0.1) is 23.2 Å². The van der Waals surface area contributed by atoms with E-state index in [2.05, 4.69) is 10.5 Å². The van der Waals surface area contributed by atoms with Crippen LogP contribution < -0.4 is 5.43 Å². The van der Waals surface area contributed by atoms with Crippen molar-refractivity contribution < 1.29 is 9.90 Å². The summed E-state index contributed by atoms with van der Waals surface area (Å²) >= 11 is 0. The van der Waals surface area contributed by atoms with Crippen molar-refractivity contribution in [3.63, 3.8) is 0 Å².